The van der Waals surface area contributed by atoms with E-state index in [2.05, 4.69) is 34.1 Å². The smallest absolute Gasteiger partial charge is 0.261 e. The molecule has 1 saturated heterocycles. The molecule has 1 fully saturated rings. The highest BCUT2D eigenvalue weighted by Crippen LogP contribution is 2.30. The lowest BCUT2D eigenvalue weighted by atomic mass is 10.1. The predicted octanol–water partition coefficient (Wildman–Crippen LogP) is 3.64. The summed E-state index contributed by atoms with van der Waals surface area (Å²) in [5.74, 6) is 2.97. The second-order valence-corrected chi connectivity index (χ2v) is 9.26. The van der Waals surface area contributed by atoms with Crippen LogP contribution in [0.2, 0.25) is 0 Å². The van der Waals surface area contributed by atoms with Crippen molar-refractivity contribution in [2.24, 2.45) is 7.05 Å². The summed E-state index contributed by atoms with van der Waals surface area (Å²) in [6.45, 7) is 5.08. The summed E-state index contributed by atoms with van der Waals surface area (Å²) in [4.78, 5) is 27.4. The molecule has 3 heterocycles. The van der Waals surface area contributed by atoms with Gasteiger partial charge in [0.2, 0.25) is 0 Å². The molecule has 0 saturated carbocycles. The third kappa shape index (κ3) is 4.86. The minimum Gasteiger partial charge on any atom is -0.493 e. The number of para-hydroxylation sites is 1. The molecule has 188 valence electrons. The van der Waals surface area contributed by atoms with Crippen LogP contribution in [-0.4, -0.2) is 66.4 Å². The van der Waals surface area contributed by atoms with Gasteiger partial charge in [-0.25, -0.2) is 9.97 Å². The average molecular weight is 488 g/mol. The molecule has 0 spiro atoms. The van der Waals surface area contributed by atoms with Gasteiger partial charge in [-0.15, -0.1) is 0 Å². The topological polar surface area (TPSA) is 72.7 Å². The molecule has 0 bridgehead atoms. The van der Waals surface area contributed by atoms with Gasteiger partial charge in [0.1, 0.15) is 11.6 Å². The maximum absolute atomic E-state index is 12.9. The minimum absolute atomic E-state index is 0.0608. The van der Waals surface area contributed by atoms with Crippen molar-refractivity contribution in [1.29, 1.82) is 0 Å². The molecule has 4 aromatic rings. The third-order valence-corrected chi connectivity index (χ3v) is 7.08. The molecule has 0 amide bonds. The summed E-state index contributed by atoms with van der Waals surface area (Å²) in [5, 5.41) is 1.72. The largest absolute Gasteiger partial charge is 0.493 e. The first-order valence-electron chi connectivity index (χ1n) is 12.5. The van der Waals surface area contributed by atoms with E-state index in [0.29, 0.717) is 22.4 Å². The number of ether oxygens (including phenoxy) is 2. The van der Waals surface area contributed by atoms with E-state index in [0.717, 1.165) is 69.1 Å². The van der Waals surface area contributed by atoms with Crippen molar-refractivity contribution >= 4 is 27.6 Å². The van der Waals surface area contributed by atoms with Crippen molar-refractivity contribution in [3.8, 4) is 11.5 Å². The molecular formula is C28H33N5O3. The van der Waals surface area contributed by atoms with Crippen LogP contribution in [0.1, 0.15) is 18.7 Å². The summed E-state index contributed by atoms with van der Waals surface area (Å²) in [6, 6.07) is 16.0. The number of fused-ring (bicyclic) bond motifs is 2. The van der Waals surface area contributed by atoms with Gasteiger partial charge < -0.3 is 14.4 Å². The molecule has 1 aliphatic rings. The van der Waals surface area contributed by atoms with Crippen LogP contribution in [0.4, 0.5) is 5.82 Å². The zero-order valence-corrected chi connectivity index (χ0v) is 21.2. The van der Waals surface area contributed by atoms with Crippen LogP contribution in [0.3, 0.4) is 0 Å². The summed E-state index contributed by atoms with van der Waals surface area (Å²) in [5.41, 5.74) is 1.63. The van der Waals surface area contributed by atoms with E-state index < -0.39 is 0 Å². The summed E-state index contributed by atoms with van der Waals surface area (Å²) >= 11 is 0. The van der Waals surface area contributed by atoms with Gasteiger partial charge in [-0.3, -0.25) is 14.3 Å². The van der Waals surface area contributed by atoms with Crippen LogP contribution in [0.5, 0.6) is 11.5 Å². The van der Waals surface area contributed by atoms with E-state index in [4.69, 9.17) is 19.4 Å². The molecule has 0 N–H and O–H groups in total. The quantitative estimate of drug-likeness (QED) is 0.351. The zero-order valence-electron chi connectivity index (χ0n) is 21.2. The highest BCUT2D eigenvalue weighted by molar-refractivity contribution is 5.82. The molecule has 0 radical (unpaired) electrons. The maximum atomic E-state index is 12.9. The van der Waals surface area contributed by atoms with E-state index >= 15 is 0 Å². The minimum atomic E-state index is -0.0608. The molecule has 2 aromatic heterocycles. The van der Waals surface area contributed by atoms with Crippen LogP contribution < -0.4 is 19.9 Å². The maximum Gasteiger partial charge on any atom is 0.261 e. The highest BCUT2D eigenvalue weighted by Gasteiger charge is 2.18. The molecule has 1 aliphatic heterocycles. The number of piperazine rings is 1. The van der Waals surface area contributed by atoms with Gasteiger partial charge in [-0.2, -0.15) is 0 Å². The molecular weight excluding hydrogens is 454 g/mol. The Morgan fingerprint density at radius 2 is 1.61 bits per heavy atom. The first kappa shape index (κ1) is 24.1. The van der Waals surface area contributed by atoms with E-state index in [9.17, 15) is 4.79 Å². The summed E-state index contributed by atoms with van der Waals surface area (Å²) in [6.07, 6.45) is 2.80. The monoisotopic (exact) mass is 487 g/mol. The Labute approximate surface area is 211 Å². The first-order chi connectivity index (χ1) is 17.6. The van der Waals surface area contributed by atoms with Crippen LogP contribution in [0.25, 0.3) is 21.8 Å². The lowest BCUT2D eigenvalue weighted by Gasteiger charge is -2.35. The van der Waals surface area contributed by atoms with Gasteiger partial charge in [-0.1, -0.05) is 18.2 Å². The molecule has 0 atom stereocenters. The van der Waals surface area contributed by atoms with Crippen molar-refractivity contribution < 1.29 is 9.47 Å². The molecule has 2 aromatic carbocycles. The average Bonchev–Trinajstić information content (AvgIpc) is 2.93. The van der Waals surface area contributed by atoms with Gasteiger partial charge in [-0.05, 0) is 43.7 Å². The fourth-order valence-corrected chi connectivity index (χ4v) is 4.92. The second kappa shape index (κ2) is 10.5. The predicted molar refractivity (Wildman–Crippen MR) is 143 cm³/mol. The lowest BCUT2D eigenvalue weighted by Crippen LogP contribution is -2.46. The molecule has 8 nitrogen and oxygen atoms in total. The molecule has 5 rings (SSSR count). The normalized spacial score (nSPS) is 14.5. The van der Waals surface area contributed by atoms with Gasteiger partial charge in [0.15, 0.2) is 11.5 Å². The Kier molecular flexibility index (Phi) is 7.04. The SMILES string of the molecule is COc1cc2nc(CCCCN3CCN(c4ccc5ccccc5n4)CC3)n(C)c(=O)c2cc1OC. The Bertz CT molecular complexity index is 1430. The second-order valence-electron chi connectivity index (χ2n) is 9.26. The van der Waals surface area contributed by atoms with Gasteiger partial charge in [0.05, 0.1) is 30.6 Å². The van der Waals surface area contributed by atoms with Crippen molar-refractivity contribution in [2.45, 2.75) is 19.3 Å². The number of nitrogens with zero attached hydrogens (tertiary/aromatic N) is 5. The third-order valence-electron chi connectivity index (χ3n) is 7.08. The number of anilines is 1. The van der Waals surface area contributed by atoms with Crippen LogP contribution >= 0.6 is 0 Å². The zero-order chi connectivity index (χ0) is 25.1. The van der Waals surface area contributed by atoms with Crippen LogP contribution in [0, 0.1) is 0 Å². The Morgan fingerprint density at radius 3 is 2.39 bits per heavy atom. The van der Waals surface area contributed by atoms with Crippen molar-refractivity contribution in [3.63, 3.8) is 0 Å². The fraction of sp³-hybridized carbons (Fsp3) is 0.393. The van der Waals surface area contributed by atoms with Gasteiger partial charge >= 0.3 is 0 Å². The Balaban J connectivity index is 1.15. The molecule has 0 unspecified atom stereocenters. The number of aromatic nitrogens is 3. The lowest BCUT2D eigenvalue weighted by molar-refractivity contribution is 0.252. The number of rotatable bonds is 8. The molecule has 0 aliphatic carbocycles. The van der Waals surface area contributed by atoms with E-state index in [-0.39, 0.29) is 5.56 Å². The number of hydrogen-bond acceptors (Lipinski definition) is 7. The van der Waals surface area contributed by atoms with Crippen molar-refractivity contribution in [1.82, 2.24) is 19.4 Å². The van der Waals surface area contributed by atoms with E-state index in [1.54, 1.807) is 38.0 Å². The number of unbranched alkanes of at least 4 members (excludes halogenated alkanes) is 1. The molecule has 36 heavy (non-hydrogen) atoms. The van der Waals surface area contributed by atoms with E-state index in [1.807, 2.05) is 12.1 Å². The van der Waals surface area contributed by atoms with E-state index in [1.165, 1.54) is 5.39 Å². The number of benzene rings is 2. The summed E-state index contributed by atoms with van der Waals surface area (Å²) in [7, 11) is 4.95. The number of methoxy groups -OCH3 is 2. The van der Waals surface area contributed by atoms with Crippen LogP contribution in [-0.2, 0) is 13.5 Å². The number of hydrogen-bond donors (Lipinski definition) is 0. The van der Waals surface area contributed by atoms with Crippen LogP contribution in [0.15, 0.2) is 53.3 Å². The van der Waals surface area contributed by atoms with Gasteiger partial charge in [0, 0.05) is 51.1 Å². The Hall–Kier alpha value is -3.65. The summed E-state index contributed by atoms with van der Waals surface area (Å²) < 4.78 is 12.4. The first-order valence-corrected chi connectivity index (χ1v) is 12.5. The fourth-order valence-electron chi connectivity index (χ4n) is 4.92. The highest BCUT2D eigenvalue weighted by atomic mass is 16.5. The molecule has 8 heteroatoms. The van der Waals surface area contributed by atoms with Gasteiger partial charge in [0.25, 0.3) is 5.56 Å². The number of pyridine rings is 1. The Morgan fingerprint density at radius 1 is 0.861 bits per heavy atom. The van der Waals surface area contributed by atoms with Crippen molar-refractivity contribution in [3.05, 3.63) is 64.7 Å². The number of aryl methyl sites for hydroxylation is 1. The van der Waals surface area contributed by atoms with Crippen molar-refractivity contribution in [2.75, 3.05) is 51.8 Å². The standard InChI is InChI=1S/C28H33N5O3/c1-31-26(30-23-19-25(36-3)24(35-2)18-21(23)28(31)34)10-6-7-13-32-14-16-33(17-15-32)27-12-11-20-8-4-5-9-22(20)29-27/h4-5,8-9,11-12,18-19H,6-7,10,13-17H2,1-3H3.